The number of hydrogen-bond donors (Lipinski definition) is 0. The first-order chi connectivity index (χ1) is 7.54. The summed E-state index contributed by atoms with van der Waals surface area (Å²) in [4.78, 5) is 0. The summed E-state index contributed by atoms with van der Waals surface area (Å²) in [5, 5.41) is 9.09. The Balaban J connectivity index is 1.68. The van der Waals surface area contributed by atoms with Gasteiger partial charge < -0.3 is 4.43 Å². The maximum absolute atomic E-state index is 6.42. The summed E-state index contributed by atoms with van der Waals surface area (Å²) < 4.78 is 6.42. The smallest absolute Gasteiger partial charge is 0.184 e. The van der Waals surface area contributed by atoms with Crippen LogP contribution < -0.4 is 0 Å². The minimum Gasteiger partial charge on any atom is -0.412 e. The largest absolute Gasteiger partial charge is 0.412 e. The highest BCUT2D eigenvalue weighted by Gasteiger charge is 2.67. The molecule has 3 aliphatic carbocycles. The third kappa shape index (κ3) is 1.07. The predicted molar refractivity (Wildman–Crippen MR) is 63.8 cm³/mol. The van der Waals surface area contributed by atoms with Gasteiger partial charge in [-0.15, -0.1) is 0 Å². The third-order valence-corrected chi connectivity index (χ3v) is 6.03. The molecule has 0 aromatic heterocycles. The van der Waals surface area contributed by atoms with Crippen molar-refractivity contribution in [3.05, 3.63) is 0 Å². The topological polar surface area (TPSA) is 34.0 Å². The van der Waals surface area contributed by atoms with Crippen molar-refractivity contribution in [3.8, 4) is 0 Å². The van der Waals surface area contributed by atoms with Gasteiger partial charge in [0.05, 0.1) is 12.1 Å². The fourth-order valence-corrected chi connectivity index (χ4v) is 5.90. The van der Waals surface area contributed by atoms with Crippen molar-refractivity contribution in [1.29, 1.82) is 0 Å². The molecular formula is C12H20N2OSi. The lowest BCUT2D eigenvalue weighted by atomic mass is 9.85. The van der Waals surface area contributed by atoms with Crippen molar-refractivity contribution < 1.29 is 4.43 Å². The van der Waals surface area contributed by atoms with Gasteiger partial charge in [-0.3, -0.25) is 0 Å². The molecule has 7 unspecified atom stereocenters. The molecule has 0 spiro atoms. The molecule has 7 atom stereocenters. The normalized spacial score (nSPS) is 56.6. The van der Waals surface area contributed by atoms with Crippen molar-refractivity contribution >= 4 is 8.32 Å². The molecule has 1 aliphatic heterocycles. The van der Waals surface area contributed by atoms with Crippen molar-refractivity contribution in [2.75, 3.05) is 0 Å². The second-order valence-electron chi connectivity index (χ2n) is 7.04. The van der Waals surface area contributed by atoms with Crippen molar-refractivity contribution in [1.82, 2.24) is 0 Å². The van der Waals surface area contributed by atoms with E-state index in [2.05, 4.69) is 29.9 Å². The average molecular weight is 236 g/mol. The molecule has 0 aromatic rings. The molecular weight excluding hydrogens is 216 g/mol. The van der Waals surface area contributed by atoms with Crippen LogP contribution in [0.2, 0.25) is 19.6 Å². The Morgan fingerprint density at radius 3 is 2.44 bits per heavy atom. The van der Waals surface area contributed by atoms with E-state index >= 15 is 0 Å². The molecule has 16 heavy (non-hydrogen) atoms. The van der Waals surface area contributed by atoms with E-state index in [0.717, 1.165) is 23.7 Å². The highest BCUT2D eigenvalue weighted by Crippen LogP contribution is 2.64. The zero-order chi connectivity index (χ0) is 11.1. The van der Waals surface area contributed by atoms with Gasteiger partial charge in [0, 0.05) is 5.92 Å². The standard InChI is InChI=1S/C12H20N2OSi/c1-16(2,3)15-12-8-5-6-4-7(8)9-10(6)13-14-11(9)12/h6-12H,4-5H2,1-3H3. The second kappa shape index (κ2) is 2.78. The average Bonchev–Trinajstić information content (AvgIpc) is 2.82. The van der Waals surface area contributed by atoms with Gasteiger partial charge in [0.15, 0.2) is 8.32 Å². The Morgan fingerprint density at radius 2 is 1.69 bits per heavy atom. The first kappa shape index (κ1) is 9.77. The number of azo groups is 1. The first-order valence-electron chi connectivity index (χ1n) is 6.62. The van der Waals surface area contributed by atoms with E-state index in [9.17, 15) is 0 Å². The van der Waals surface area contributed by atoms with E-state index in [-0.39, 0.29) is 0 Å². The van der Waals surface area contributed by atoms with Crippen LogP contribution >= 0.6 is 0 Å². The van der Waals surface area contributed by atoms with Gasteiger partial charge >= 0.3 is 0 Å². The van der Waals surface area contributed by atoms with Crippen LogP contribution in [0.25, 0.3) is 0 Å². The maximum Gasteiger partial charge on any atom is 0.184 e. The Morgan fingerprint density at radius 1 is 1.00 bits per heavy atom. The molecule has 3 nitrogen and oxygen atoms in total. The Labute approximate surface area is 97.8 Å². The van der Waals surface area contributed by atoms with Crippen molar-refractivity contribution in [2.45, 2.75) is 50.7 Å². The van der Waals surface area contributed by atoms with E-state index in [4.69, 9.17) is 4.43 Å². The third-order valence-electron chi connectivity index (χ3n) is 5.05. The van der Waals surface area contributed by atoms with Gasteiger partial charge in [0.25, 0.3) is 0 Å². The van der Waals surface area contributed by atoms with Crippen LogP contribution in [-0.4, -0.2) is 26.5 Å². The number of rotatable bonds is 2. The molecule has 4 heteroatoms. The monoisotopic (exact) mass is 236 g/mol. The molecule has 0 amide bonds. The molecule has 3 fully saturated rings. The van der Waals surface area contributed by atoms with Crippen LogP contribution in [0.3, 0.4) is 0 Å². The van der Waals surface area contributed by atoms with E-state index in [0.29, 0.717) is 18.2 Å². The van der Waals surface area contributed by atoms with Crippen molar-refractivity contribution in [2.24, 2.45) is 33.9 Å². The second-order valence-corrected chi connectivity index (χ2v) is 11.5. The van der Waals surface area contributed by atoms with E-state index in [1.54, 1.807) is 0 Å². The fourth-order valence-electron chi connectivity index (χ4n) is 4.77. The van der Waals surface area contributed by atoms with Crippen LogP contribution in [-0.2, 0) is 4.43 Å². The zero-order valence-electron chi connectivity index (χ0n) is 10.3. The summed E-state index contributed by atoms with van der Waals surface area (Å²) in [6, 6.07) is 1.01. The van der Waals surface area contributed by atoms with Gasteiger partial charge in [-0.25, -0.2) is 0 Å². The predicted octanol–water partition coefficient (Wildman–Crippen LogP) is 2.70. The van der Waals surface area contributed by atoms with E-state index in [1.165, 1.54) is 12.8 Å². The molecule has 4 rings (SSSR count). The molecule has 0 N–H and O–H groups in total. The van der Waals surface area contributed by atoms with Crippen LogP contribution in [0.15, 0.2) is 10.2 Å². The lowest BCUT2D eigenvalue weighted by Gasteiger charge is -2.29. The van der Waals surface area contributed by atoms with Gasteiger partial charge in [-0.2, -0.15) is 10.2 Å². The van der Waals surface area contributed by atoms with Gasteiger partial charge in [0.1, 0.15) is 6.04 Å². The van der Waals surface area contributed by atoms with Crippen LogP contribution in [0, 0.1) is 23.7 Å². The lowest BCUT2D eigenvalue weighted by Crippen LogP contribution is -2.38. The Kier molecular flexibility index (Phi) is 1.70. The summed E-state index contributed by atoms with van der Waals surface area (Å²) in [7, 11) is -1.43. The van der Waals surface area contributed by atoms with Gasteiger partial charge in [-0.1, -0.05) is 0 Å². The molecule has 0 radical (unpaired) electrons. The van der Waals surface area contributed by atoms with E-state index in [1.807, 2.05) is 0 Å². The Hall–Kier alpha value is -0.223. The molecule has 2 bridgehead atoms. The molecule has 3 saturated carbocycles. The van der Waals surface area contributed by atoms with Crippen molar-refractivity contribution in [3.63, 3.8) is 0 Å². The minimum absolute atomic E-state index is 0.419. The van der Waals surface area contributed by atoms with Crippen LogP contribution in [0.5, 0.6) is 0 Å². The number of fused-ring (bicyclic) bond motifs is 2. The van der Waals surface area contributed by atoms with Gasteiger partial charge in [-0.05, 0) is 50.2 Å². The first-order valence-corrected chi connectivity index (χ1v) is 10.0. The molecule has 88 valence electrons. The Bertz CT molecular complexity index is 365. The van der Waals surface area contributed by atoms with Gasteiger partial charge in [0.2, 0.25) is 0 Å². The zero-order valence-corrected chi connectivity index (χ0v) is 11.3. The number of hydrogen-bond acceptors (Lipinski definition) is 3. The minimum atomic E-state index is -1.43. The summed E-state index contributed by atoms with van der Waals surface area (Å²) in [6.45, 7) is 6.88. The lowest BCUT2D eigenvalue weighted by molar-refractivity contribution is 0.126. The quantitative estimate of drug-likeness (QED) is 0.679. The maximum atomic E-state index is 6.42. The molecule has 0 aromatic carbocycles. The fraction of sp³-hybridized carbons (Fsp3) is 1.00. The highest BCUT2D eigenvalue weighted by molar-refractivity contribution is 6.69. The summed E-state index contributed by atoms with van der Waals surface area (Å²) in [6.07, 6.45) is 3.21. The molecule has 4 aliphatic rings. The summed E-state index contributed by atoms with van der Waals surface area (Å²) in [5.41, 5.74) is 0. The summed E-state index contributed by atoms with van der Waals surface area (Å²) in [5.74, 6) is 3.34. The van der Waals surface area contributed by atoms with E-state index < -0.39 is 8.32 Å². The number of nitrogens with zero attached hydrogens (tertiary/aromatic N) is 2. The van der Waals surface area contributed by atoms with Crippen LogP contribution in [0.4, 0.5) is 0 Å². The van der Waals surface area contributed by atoms with Crippen LogP contribution in [0.1, 0.15) is 12.8 Å². The molecule has 1 heterocycles. The molecule has 0 saturated heterocycles. The summed E-state index contributed by atoms with van der Waals surface area (Å²) >= 11 is 0. The SMILES string of the molecule is C[Si](C)(C)OC1C2CC3CC2C2C3N=NC12. The highest BCUT2D eigenvalue weighted by atomic mass is 28.4.